The Kier molecular flexibility index (Phi) is 4.17. The first-order chi connectivity index (χ1) is 9.19. The van der Waals surface area contributed by atoms with Crippen LogP contribution in [0.15, 0.2) is 42.5 Å². The fourth-order valence-electron chi connectivity index (χ4n) is 2.03. The van der Waals surface area contributed by atoms with Gasteiger partial charge in [-0.25, -0.2) is 4.39 Å². The molecule has 0 atom stereocenters. The zero-order valence-electron chi connectivity index (χ0n) is 10.4. The number of hydrogen-bond donors (Lipinski definition) is 0. The van der Waals surface area contributed by atoms with E-state index in [9.17, 15) is 9.18 Å². The summed E-state index contributed by atoms with van der Waals surface area (Å²) in [4.78, 5) is 12.8. The summed E-state index contributed by atoms with van der Waals surface area (Å²) in [5, 5.41) is 0.426. The smallest absolute Gasteiger partial charge is 0.152 e. The van der Waals surface area contributed by atoms with E-state index in [1.54, 1.807) is 41.3 Å². The molecule has 0 radical (unpaired) electrons. The van der Waals surface area contributed by atoms with Crippen molar-refractivity contribution in [3.8, 4) is 0 Å². The Balaban J connectivity index is 2.61. The van der Waals surface area contributed by atoms with Gasteiger partial charge in [0.25, 0.3) is 0 Å². The van der Waals surface area contributed by atoms with Crippen molar-refractivity contribution in [3.05, 3.63) is 58.9 Å². The van der Waals surface area contributed by atoms with Gasteiger partial charge in [0.2, 0.25) is 0 Å². The van der Waals surface area contributed by atoms with Gasteiger partial charge in [0, 0.05) is 12.1 Å². The zero-order chi connectivity index (χ0) is 13.8. The normalized spacial score (nSPS) is 10.3. The molecule has 4 heteroatoms. The maximum absolute atomic E-state index is 13.9. The highest BCUT2D eigenvalue weighted by molar-refractivity contribution is 6.34. The molecule has 2 aromatic carbocycles. The molecule has 0 saturated heterocycles. The SMILES string of the molecule is CCN(c1ccccc1F)c1c(Cl)cccc1C=O. The van der Waals surface area contributed by atoms with E-state index in [4.69, 9.17) is 11.6 Å². The summed E-state index contributed by atoms with van der Waals surface area (Å²) in [5.74, 6) is -0.346. The average molecular weight is 278 g/mol. The molecule has 0 heterocycles. The Morgan fingerprint density at radius 3 is 2.58 bits per heavy atom. The highest BCUT2D eigenvalue weighted by Gasteiger charge is 2.17. The molecule has 19 heavy (non-hydrogen) atoms. The molecular weight excluding hydrogens is 265 g/mol. The second-order valence-corrected chi connectivity index (χ2v) is 4.40. The van der Waals surface area contributed by atoms with Gasteiger partial charge < -0.3 is 4.90 Å². The lowest BCUT2D eigenvalue weighted by atomic mass is 10.1. The molecule has 0 fully saturated rings. The largest absolute Gasteiger partial charge is 0.338 e. The van der Waals surface area contributed by atoms with Crippen LogP contribution in [-0.2, 0) is 0 Å². The van der Waals surface area contributed by atoms with E-state index in [1.165, 1.54) is 6.07 Å². The van der Waals surface area contributed by atoms with Gasteiger partial charge in [-0.3, -0.25) is 4.79 Å². The van der Waals surface area contributed by atoms with Crippen LogP contribution in [0.2, 0.25) is 5.02 Å². The first kappa shape index (κ1) is 13.6. The summed E-state index contributed by atoms with van der Waals surface area (Å²) < 4.78 is 13.9. The van der Waals surface area contributed by atoms with Crippen LogP contribution in [0.25, 0.3) is 0 Å². The highest BCUT2D eigenvalue weighted by Crippen LogP contribution is 2.35. The van der Waals surface area contributed by atoms with Gasteiger partial charge >= 0.3 is 0 Å². The molecule has 0 bridgehead atoms. The maximum atomic E-state index is 13.9. The van der Waals surface area contributed by atoms with Gasteiger partial charge in [0.15, 0.2) is 6.29 Å². The van der Waals surface area contributed by atoms with E-state index in [-0.39, 0.29) is 5.82 Å². The molecule has 0 N–H and O–H groups in total. The minimum absolute atomic E-state index is 0.346. The molecule has 0 aliphatic rings. The molecule has 2 rings (SSSR count). The number of anilines is 2. The van der Waals surface area contributed by atoms with Gasteiger partial charge in [0.1, 0.15) is 5.82 Å². The number of para-hydroxylation sites is 2. The van der Waals surface area contributed by atoms with E-state index in [0.29, 0.717) is 28.5 Å². The molecular formula is C15H13ClFNO. The van der Waals surface area contributed by atoms with Gasteiger partial charge in [0.05, 0.1) is 16.4 Å². The summed E-state index contributed by atoms with van der Waals surface area (Å²) in [6, 6.07) is 11.5. The Morgan fingerprint density at radius 2 is 1.95 bits per heavy atom. The minimum atomic E-state index is -0.346. The number of benzene rings is 2. The second kappa shape index (κ2) is 5.85. The van der Waals surface area contributed by atoms with E-state index in [0.717, 1.165) is 6.29 Å². The number of nitrogens with zero attached hydrogens (tertiary/aromatic N) is 1. The predicted octanol–water partition coefficient (Wildman–Crippen LogP) is 4.45. The van der Waals surface area contributed by atoms with Crippen LogP contribution < -0.4 is 4.90 Å². The highest BCUT2D eigenvalue weighted by atomic mass is 35.5. The van der Waals surface area contributed by atoms with Crippen LogP contribution in [-0.4, -0.2) is 12.8 Å². The summed E-state index contributed by atoms with van der Waals surface area (Å²) in [6.45, 7) is 2.38. The van der Waals surface area contributed by atoms with Crippen molar-refractivity contribution in [1.82, 2.24) is 0 Å². The predicted molar refractivity (Wildman–Crippen MR) is 75.9 cm³/mol. The lowest BCUT2D eigenvalue weighted by molar-refractivity contribution is 0.112. The Hall–Kier alpha value is -1.87. The van der Waals surface area contributed by atoms with Crippen LogP contribution in [0.1, 0.15) is 17.3 Å². The number of carbonyl (C=O) groups excluding carboxylic acids is 1. The third kappa shape index (κ3) is 2.61. The van der Waals surface area contributed by atoms with Gasteiger partial charge in [-0.05, 0) is 31.2 Å². The lowest BCUT2D eigenvalue weighted by Crippen LogP contribution is -2.19. The molecule has 0 amide bonds. The van der Waals surface area contributed by atoms with Crippen LogP contribution in [0, 0.1) is 5.82 Å². The number of aldehydes is 1. The van der Waals surface area contributed by atoms with Crippen LogP contribution in [0.4, 0.5) is 15.8 Å². The van der Waals surface area contributed by atoms with Crippen molar-refractivity contribution in [2.75, 3.05) is 11.4 Å². The van der Waals surface area contributed by atoms with Crippen LogP contribution in [0.5, 0.6) is 0 Å². The molecule has 0 aliphatic carbocycles. The lowest BCUT2D eigenvalue weighted by Gasteiger charge is -2.26. The summed E-state index contributed by atoms with van der Waals surface area (Å²) in [7, 11) is 0. The van der Waals surface area contributed by atoms with E-state index in [1.807, 2.05) is 6.92 Å². The molecule has 0 saturated carbocycles. The number of carbonyl (C=O) groups is 1. The van der Waals surface area contributed by atoms with E-state index in [2.05, 4.69) is 0 Å². The molecule has 98 valence electrons. The summed E-state index contributed by atoms with van der Waals surface area (Å²) in [6.07, 6.45) is 0.727. The van der Waals surface area contributed by atoms with Crippen molar-refractivity contribution in [2.24, 2.45) is 0 Å². The first-order valence-corrected chi connectivity index (χ1v) is 6.32. The van der Waals surface area contributed by atoms with Gasteiger partial charge in [-0.1, -0.05) is 29.8 Å². The standard InChI is InChI=1S/C15H13ClFNO/c1-2-18(14-9-4-3-8-13(14)17)15-11(10-19)6-5-7-12(15)16/h3-10H,2H2,1H3. The van der Waals surface area contributed by atoms with Crippen molar-refractivity contribution >= 4 is 29.3 Å². The van der Waals surface area contributed by atoms with Gasteiger partial charge in [-0.15, -0.1) is 0 Å². The van der Waals surface area contributed by atoms with Gasteiger partial charge in [-0.2, -0.15) is 0 Å². The summed E-state index contributed by atoms with van der Waals surface area (Å²) >= 11 is 6.16. The number of rotatable bonds is 4. The molecule has 2 nitrogen and oxygen atoms in total. The van der Waals surface area contributed by atoms with E-state index < -0.39 is 0 Å². The quantitative estimate of drug-likeness (QED) is 0.770. The zero-order valence-corrected chi connectivity index (χ0v) is 11.2. The number of halogens is 2. The molecule has 2 aromatic rings. The third-order valence-corrected chi connectivity index (χ3v) is 3.18. The van der Waals surface area contributed by atoms with Crippen LogP contribution >= 0.6 is 11.6 Å². The molecule has 0 unspecified atom stereocenters. The van der Waals surface area contributed by atoms with Crippen molar-refractivity contribution < 1.29 is 9.18 Å². The van der Waals surface area contributed by atoms with Crippen molar-refractivity contribution in [3.63, 3.8) is 0 Å². The molecule has 0 aliphatic heterocycles. The second-order valence-electron chi connectivity index (χ2n) is 3.99. The van der Waals surface area contributed by atoms with Crippen LogP contribution in [0.3, 0.4) is 0 Å². The topological polar surface area (TPSA) is 20.3 Å². The van der Waals surface area contributed by atoms with E-state index >= 15 is 0 Å². The Morgan fingerprint density at radius 1 is 1.21 bits per heavy atom. The minimum Gasteiger partial charge on any atom is -0.338 e. The monoisotopic (exact) mass is 277 g/mol. The summed E-state index contributed by atoms with van der Waals surface area (Å²) in [5.41, 5.74) is 1.38. The Bertz CT molecular complexity index is 600. The third-order valence-electron chi connectivity index (χ3n) is 2.87. The molecule has 0 spiro atoms. The number of hydrogen-bond acceptors (Lipinski definition) is 2. The van der Waals surface area contributed by atoms with Crippen molar-refractivity contribution in [1.29, 1.82) is 0 Å². The Labute approximate surface area is 116 Å². The fourth-order valence-corrected chi connectivity index (χ4v) is 2.32. The fraction of sp³-hybridized carbons (Fsp3) is 0.133. The molecule has 0 aromatic heterocycles. The average Bonchev–Trinajstić information content (AvgIpc) is 2.43. The van der Waals surface area contributed by atoms with Crippen molar-refractivity contribution in [2.45, 2.75) is 6.92 Å². The first-order valence-electron chi connectivity index (χ1n) is 5.94. The maximum Gasteiger partial charge on any atom is 0.152 e.